The molecular weight excluding hydrogens is 355 g/mol. The van der Waals surface area contributed by atoms with Crippen LogP contribution in [0.1, 0.15) is 17.3 Å². The van der Waals surface area contributed by atoms with Gasteiger partial charge in [0.15, 0.2) is 0 Å². The summed E-state index contributed by atoms with van der Waals surface area (Å²) in [5, 5.41) is 6.02. The van der Waals surface area contributed by atoms with Gasteiger partial charge in [0.05, 0.1) is 5.69 Å². The first-order valence-corrected chi connectivity index (χ1v) is 10.5. The van der Waals surface area contributed by atoms with Crippen LogP contribution in [0.25, 0.3) is 10.6 Å². The quantitative estimate of drug-likeness (QED) is 0.675. The number of benzene rings is 2. The summed E-state index contributed by atoms with van der Waals surface area (Å²) in [6.45, 7) is 0.543. The number of rotatable bonds is 7. The van der Waals surface area contributed by atoms with Crippen molar-refractivity contribution in [3.8, 4) is 10.6 Å². The molecule has 130 valence electrons. The predicted octanol–water partition coefficient (Wildman–Crippen LogP) is 4.16. The number of hydrogen-bond donors (Lipinski definition) is 1. The Labute approximate surface area is 153 Å². The first-order valence-electron chi connectivity index (χ1n) is 7.91. The second kappa shape index (κ2) is 8.47. The average molecular weight is 375 g/mol. The van der Waals surface area contributed by atoms with E-state index in [4.69, 9.17) is 0 Å². The fraction of sp³-hybridized carbons (Fsp3) is 0.211. The van der Waals surface area contributed by atoms with Crippen LogP contribution >= 0.6 is 11.3 Å². The third-order valence-corrected chi connectivity index (χ3v) is 5.52. The molecule has 3 nitrogen and oxygen atoms in total. The highest BCUT2D eigenvalue weighted by atomic mass is 32.2. The Morgan fingerprint density at radius 3 is 2.60 bits per heavy atom. The van der Waals surface area contributed by atoms with Gasteiger partial charge in [-0.25, -0.2) is 9.37 Å². The highest BCUT2D eigenvalue weighted by molar-refractivity contribution is 7.84. The lowest BCUT2D eigenvalue weighted by molar-refractivity contribution is 0.569. The Morgan fingerprint density at radius 2 is 1.88 bits per heavy atom. The zero-order valence-corrected chi connectivity index (χ0v) is 15.4. The number of halogens is 1. The molecule has 0 spiro atoms. The summed E-state index contributed by atoms with van der Waals surface area (Å²) >= 11 is 1.43. The van der Waals surface area contributed by atoms with Crippen LogP contribution in [0.3, 0.4) is 0 Å². The molecule has 1 heterocycles. The topological polar surface area (TPSA) is 42.0 Å². The van der Waals surface area contributed by atoms with Crippen molar-refractivity contribution >= 4 is 22.1 Å². The van der Waals surface area contributed by atoms with Gasteiger partial charge in [-0.05, 0) is 17.7 Å². The van der Waals surface area contributed by atoms with Gasteiger partial charge in [-0.1, -0.05) is 42.5 Å². The summed E-state index contributed by atoms with van der Waals surface area (Å²) < 4.78 is 25.6. The minimum Gasteiger partial charge on any atom is -0.303 e. The molecule has 3 aromatic rings. The van der Waals surface area contributed by atoms with Crippen molar-refractivity contribution in [2.45, 2.75) is 12.6 Å². The van der Waals surface area contributed by atoms with Crippen molar-refractivity contribution in [2.75, 3.05) is 12.0 Å². The Kier molecular flexibility index (Phi) is 6.07. The number of thiazole rings is 1. The van der Waals surface area contributed by atoms with Crippen LogP contribution in [0.15, 0.2) is 60.0 Å². The fourth-order valence-electron chi connectivity index (χ4n) is 2.57. The first kappa shape index (κ1) is 17.9. The van der Waals surface area contributed by atoms with Gasteiger partial charge in [0.2, 0.25) is 0 Å². The monoisotopic (exact) mass is 374 g/mol. The van der Waals surface area contributed by atoms with Gasteiger partial charge < -0.3 is 5.32 Å². The van der Waals surface area contributed by atoms with E-state index >= 15 is 0 Å². The molecule has 0 fully saturated rings. The fourth-order valence-corrected chi connectivity index (χ4v) is 4.19. The Morgan fingerprint density at radius 1 is 1.16 bits per heavy atom. The van der Waals surface area contributed by atoms with Crippen LogP contribution in [-0.2, 0) is 17.3 Å². The maximum atomic E-state index is 13.9. The molecular formula is C19H19FN2OS2. The molecule has 0 bridgehead atoms. The third-order valence-electron chi connectivity index (χ3n) is 3.79. The molecule has 2 atom stereocenters. The lowest BCUT2D eigenvalue weighted by Crippen LogP contribution is -2.25. The SMILES string of the molecule is CS(=O)CC(NCc1csc(-c2ccccc2F)n1)c1ccccc1. The van der Waals surface area contributed by atoms with E-state index in [9.17, 15) is 8.60 Å². The molecule has 0 saturated heterocycles. The van der Waals surface area contributed by atoms with Crippen LogP contribution in [0.5, 0.6) is 0 Å². The zero-order valence-electron chi connectivity index (χ0n) is 13.8. The van der Waals surface area contributed by atoms with E-state index in [1.165, 1.54) is 17.4 Å². The van der Waals surface area contributed by atoms with Gasteiger partial charge in [0.1, 0.15) is 10.8 Å². The highest BCUT2D eigenvalue weighted by Crippen LogP contribution is 2.26. The molecule has 0 aliphatic heterocycles. The molecule has 0 radical (unpaired) electrons. The van der Waals surface area contributed by atoms with Crippen LogP contribution in [0.4, 0.5) is 4.39 Å². The van der Waals surface area contributed by atoms with Gasteiger partial charge in [-0.15, -0.1) is 11.3 Å². The normalized spacial score (nSPS) is 13.5. The molecule has 0 amide bonds. The Balaban J connectivity index is 1.71. The van der Waals surface area contributed by atoms with Gasteiger partial charge in [0, 0.05) is 46.3 Å². The van der Waals surface area contributed by atoms with Crippen LogP contribution in [0.2, 0.25) is 0 Å². The third kappa shape index (κ3) is 4.81. The van der Waals surface area contributed by atoms with E-state index < -0.39 is 10.8 Å². The maximum absolute atomic E-state index is 13.9. The van der Waals surface area contributed by atoms with Crippen molar-refractivity contribution in [1.82, 2.24) is 10.3 Å². The van der Waals surface area contributed by atoms with Gasteiger partial charge >= 0.3 is 0 Å². The smallest absolute Gasteiger partial charge is 0.133 e. The minimum atomic E-state index is -0.911. The van der Waals surface area contributed by atoms with Gasteiger partial charge in [-0.2, -0.15) is 0 Å². The number of nitrogens with one attached hydrogen (secondary N) is 1. The standard InChI is InChI=1S/C19H19FN2OS2/c1-25(23)13-18(14-7-3-2-4-8-14)21-11-15-12-24-19(22-15)16-9-5-6-10-17(16)20/h2-10,12,18,21H,11,13H2,1H3. The number of hydrogen-bond acceptors (Lipinski definition) is 4. The first-order chi connectivity index (χ1) is 12.1. The Bertz CT molecular complexity index is 851. The molecule has 0 aliphatic rings. The highest BCUT2D eigenvalue weighted by Gasteiger charge is 2.14. The van der Waals surface area contributed by atoms with E-state index in [-0.39, 0.29) is 11.9 Å². The second-order valence-electron chi connectivity index (χ2n) is 5.71. The van der Waals surface area contributed by atoms with E-state index in [2.05, 4.69) is 10.3 Å². The molecule has 1 N–H and O–H groups in total. The van der Waals surface area contributed by atoms with Crippen molar-refractivity contribution < 1.29 is 8.60 Å². The van der Waals surface area contributed by atoms with Crippen LogP contribution in [0, 0.1) is 5.82 Å². The van der Waals surface area contributed by atoms with E-state index in [1.54, 1.807) is 24.5 Å². The average Bonchev–Trinajstić information content (AvgIpc) is 3.08. The van der Waals surface area contributed by atoms with E-state index in [0.29, 0.717) is 22.9 Å². The number of aromatic nitrogens is 1. The summed E-state index contributed by atoms with van der Waals surface area (Å²) in [4.78, 5) is 4.53. The lowest BCUT2D eigenvalue weighted by atomic mass is 10.1. The molecule has 3 rings (SSSR count). The van der Waals surface area contributed by atoms with Gasteiger partial charge in [0.25, 0.3) is 0 Å². The summed E-state index contributed by atoms with van der Waals surface area (Å²) in [5.41, 5.74) is 2.47. The molecule has 0 saturated carbocycles. The molecule has 0 aliphatic carbocycles. The van der Waals surface area contributed by atoms with Crippen molar-refractivity contribution in [1.29, 1.82) is 0 Å². The summed E-state index contributed by atoms with van der Waals surface area (Å²) in [6, 6.07) is 16.6. The molecule has 25 heavy (non-hydrogen) atoms. The largest absolute Gasteiger partial charge is 0.303 e. The lowest BCUT2D eigenvalue weighted by Gasteiger charge is -2.17. The Hall–Kier alpha value is -1.89. The molecule has 1 aromatic heterocycles. The van der Waals surface area contributed by atoms with Crippen molar-refractivity contribution in [2.24, 2.45) is 0 Å². The van der Waals surface area contributed by atoms with E-state index in [0.717, 1.165) is 11.3 Å². The summed E-state index contributed by atoms with van der Waals surface area (Å²) in [6.07, 6.45) is 1.71. The summed E-state index contributed by atoms with van der Waals surface area (Å²) in [7, 11) is -0.911. The zero-order chi connectivity index (χ0) is 17.6. The maximum Gasteiger partial charge on any atom is 0.133 e. The molecule has 2 unspecified atom stereocenters. The van der Waals surface area contributed by atoms with Crippen LogP contribution < -0.4 is 5.32 Å². The van der Waals surface area contributed by atoms with Crippen LogP contribution in [-0.4, -0.2) is 21.2 Å². The molecule has 6 heteroatoms. The summed E-state index contributed by atoms with van der Waals surface area (Å²) in [5.74, 6) is 0.272. The number of nitrogens with zero attached hydrogens (tertiary/aromatic N) is 1. The second-order valence-corrected chi connectivity index (χ2v) is 8.05. The predicted molar refractivity (Wildman–Crippen MR) is 102 cm³/mol. The van der Waals surface area contributed by atoms with Crippen molar-refractivity contribution in [3.05, 3.63) is 77.1 Å². The minimum absolute atomic E-state index is 0.00866. The van der Waals surface area contributed by atoms with E-state index in [1.807, 2.05) is 35.7 Å². The van der Waals surface area contributed by atoms with Gasteiger partial charge in [-0.3, -0.25) is 4.21 Å². The van der Waals surface area contributed by atoms with Crippen molar-refractivity contribution in [3.63, 3.8) is 0 Å². The molecule has 2 aromatic carbocycles.